The van der Waals surface area contributed by atoms with E-state index in [4.69, 9.17) is 13.7 Å². The second-order valence-corrected chi connectivity index (χ2v) is 6.70. The van der Waals surface area contributed by atoms with Crippen LogP contribution in [0.1, 0.15) is 10.4 Å². The summed E-state index contributed by atoms with van der Waals surface area (Å²) in [5.74, 6) is 0.926. The maximum Gasteiger partial charge on any atom is 0.255 e. The van der Waals surface area contributed by atoms with Crippen LogP contribution in [0.5, 0.6) is 5.75 Å². The van der Waals surface area contributed by atoms with Gasteiger partial charge in [0.15, 0.2) is 5.58 Å². The van der Waals surface area contributed by atoms with Gasteiger partial charge in [-0.2, -0.15) is 0 Å². The molecule has 0 spiro atoms. The molecule has 0 fully saturated rings. The Balaban J connectivity index is 1.46. The lowest BCUT2D eigenvalue weighted by atomic mass is 10.1. The molecule has 5 rings (SSSR count). The number of benzene rings is 2. The lowest BCUT2D eigenvalue weighted by Gasteiger charge is -2.04. The Morgan fingerprint density at radius 3 is 2.74 bits per heavy atom. The number of amides is 1. The minimum absolute atomic E-state index is 0.263. The fourth-order valence-electron chi connectivity index (χ4n) is 3.15. The topological polar surface area (TPSA) is 103 Å². The third-order valence-corrected chi connectivity index (χ3v) is 4.74. The first kappa shape index (κ1) is 18.6. The molecule has 152 valence electrons. The average Bonchev–Trinajstić information content (AvgIpc) is 3.46. The maximum absolute atomic E-state index is 12.6. The lowest BCUT2D eigenvalue weighted by molar-refractivity contribution is 0.102. The van der Waals surface area contributed by atoms with E-state index in [-0.39, 0.29) is 5.91 Å². The van der Waals surface area contributed by atoms with Crippen molar-refractivity contribution in [3.8, 4) is 28.6 Å². The minimum Gasteiger partial charge on any atom is -0.497 e. The van der Waals surface area contributed by atoms with Crippen molar-refractivity contribution in [3.63, 3.8) is 0 Å². The largest absolute Gasteiger partial charge is 0.497 e. The number of methoxy groups -OCH3 is 1. The first-order chi connectivity index (χ1) is 15.2. The SMILES string of the molecule is COc1ccc(-c2nc(-c3noc4ccc(C(=O)Nc5cccnc5)cc34)co2)cc1. The van der Waals surface area contributed by atoms with E-state index in [9.17, 15) is 4.79 Å². The van der Waals surface area contributed by atoms with Gasteiger partial charge < -0.3 is 19.0 Å². The number of pyridine rings is 1. The molecule has 1 N–H and O–H groups in total. The Morgan fingerprint density at radius 2 is 1.97 bits per heavy atom. The summed E-state index contributed by atoms with van der Waals surface area (Å²) in [7, 11) is 1.61. The average molecular weight is 412 g/mol. The van der Waals surface area contributed by atoms with Gasteiger partial charge in [0.25, 0.3) is 5.91 Å². The van der Waals surface area contributed by atoms with Crippen molar-refractivity contribution < 1.29 is 18.5 Å². The van der Waals surface area contributed by atoms with Crippen LogP contribution in [-0.4, -0.2) is 28.1 Å². The Labute approximate surface area is 176 Å². The highest BCUT2D eigenvalue weighted by Gasteiger charge is 2.18. The second kappa shape index (κ2) is 7.75. The molecule has 1 amide bonds. The second-order valence-electron chi connectivity index (χ2n) is 6.70. The van der Waals surface area contributed by atoms with Crippen molar-refractivity contribution in [1.82, 2.24) is 15.1 Å². The van der Waals surface area contributed by atoms with E-state index in [1.54, 1.807) is 49.8 Å². The minimum atomic E-state index is -0.263. The van der Waals surface area contributed by atoms with Crippen molar-refractivity contribution in [3.05, 3.63) is 78.8 Å². The maximum atomic E-state index is 12.6. The Kier molecular flexibility index (Phi) is 4.64. The molecular weight excluding hydrogens is 396 g/mol. The Bertz CT molecular complexity index is 1360. The summed E-state index contributed by atoms with van der Waals surface area (Å²) in [6.45, 7) is 0. The van der Waals surface area contributed by atoms with Crippen LogP contribution in [0.3, 0.4) is 0 Å². The highest BCUT2D eigenvalue weighted by Crippen LogP contribution is 2.31. The first-order valence-corrected chi connectivity index (χ1v) is 9.42. The number of nitrogens with zero attached hydrogens (tertiary/aromatic N) is 3. The van der Waals surface area contributed by atoms with Crippen LogP contribution in [0.15, 0.2) is 82.2 Å². The summed E-state index contributed by atoms with van der Waals surface area (Å²) in [4.78, 5) is 21.2. The molecule has 0 saturated carbocycles. The smallest absolute Gasteiger partial charge is 0.255 e. The van der Waals surface area contributed by atoms with Gasteiger partial charge in [0.05, 0.1) is 24.4 Å². The summed E-state index contributed by atoms with van der Waals surface area (Å²) in [5.41, 5.74) is 3.42. The molecule has 0 radical (unpaired) electrons. The normalized spacial score (nSPS) is 10.9. The van der Waals surface area contributed by atoms with Gasteiger partial charge in [-0.1, -0.05) is 5.16 Å². The zero-order valence-corrected chi connectivity index (χ0v) is 16.4. The fraction of sp³-hybridized carbons (Fsp3) is 0.0435. The van der Waals surface area contributed by atoms with Gasteiger partial charge in [0, 0.05) is 17.3 Å². The fourth-order valence-corrected chi connectivity index (χ4v) is 3.15. The Morgan fingerprint density at radius 1 is 1.10 bits per heavy atom. The standard InChI is InChI=1S/C23H16N4O4/c1-29-17-7-4-14(5-8-17)23-26-19(13-30-23)21-18-11-15(6-9-20(18)31-27-21)22(28)25-16-3-2-10-24-12-16/h2-13H,1H3,(H,25,28). The predicted octanol–water partition coefficient (Wildman–Crippen LogP) is 4.81. The first-order valence-electron chi connectivity index (χ1n) is 9.42. The molecule has 0 atom stereocenters. The van der Waals surface area contributed by atoms with Gasteiger partial charge in [-0.3, -0.25) is 9.78 Å². The molecule has 0 saturated heterocycles. The molecular formula is C23H16N4O4. The molecule has 3 heterocycles. The van der Waals surface area contributed by atoms with Crippen LogP contribution in [0.4, 0.5) is 5.69 Å². The highest BCUT2D eigenvalue weighted by atomic mass is 16.5. The summed E-state index contributed by atoms with van der Waals surface area (Å²) in [5, 5.41) is 7.60. The van der Waals surface area contributed by atoms with Crippen molar-refractivity contribution in [2.75, 3.05) is 12.4 Å². The van der Waals surface area contributed by atoms with Gasteiger partial charge in [-0.15, -0.1) is 0 Å². The van der Waals surface area contributed by atoms with Crippen molar-refractivity contribution in [2.45, 2.75) is 0 Å². The molecule has 0 aliphatic heterocycles. The molecule has 2 aromatic carbocycles. The molecule has 0 aliphatic carbocycles. The zero-order valence-electron chi connectivity index (χ0n) is 16.4. The van der Waals surface area contributed by atoms with Crippen LogP contribution in [0.25, 0.3) is 33.8 Å². The summed E-state index contributed by atoms with van der Waals surface area (Å²) >= 11 is 0. The van der Waals surface area contributed by atoms with E-state index in [2.05, 4.69) is 20.4 Å². The van der Waals surface area contributed by atoms with E-state index in [0.717, 1.165) is 11.3 Å². The van der Waals surface area contributed by atoms with Crippen LogP contribution in [0, 0.1) is 0 Å². The number of hydrogen-bond acceptors (Lipinski definition) is 7. The van der Waals surface area contributed by atoms with Gasteiger partial charge in [0.2, 0.25) is 5.89 Å². The number of carbonyl (C=O) groups is 1. The van der Waals surface area contributed by atoms with E-state index < -0.39 is 0 Å². The summed E-state index contributed by atoms with van der Waals surface area (Å²) < 4.78 is 16.2. The number of nitrogens with one attached hydrogen (secondary N) is 1. The zero-order chi connectivity index (χ0) is 21.2. The molecule has 0 aliphatic rings. The van der Waals surface area contributed by atoms with Crippen LogP contribution >= 0.6 is 0 Å². The molecule has 0 unspecified atom stereocenters. The van der Waals surface area contributed by atoms with E-state index in [1.807, 2.05) is 24.3 Å². The van der Waals surface area contributed by atoms with Gasteiger partial charge in [0.1, 0.15) is 23.4 Å². The number of ether oxygens (including phenoxy) is 1. The van der Waals surface area contributed by atoms with Gasteiger partial charge >= 0.3 is 0 Å². The van der Waals surface area contributed by atoms with E-state index in [0.29, 0.717) is 39.5 Å². The van der Waals surface area contributed by atoms with Gasteiger partial charge in [-0.25, -0.2) is 4.98 Å². The molecule has 5 aromatic rings. The van der Waals surface area contributed by atoms with Gasteiger partial charge in [-0.05, 0) is 54.6 Å². The highest BCUT2D eigenvalue weighted by molar-refractivity contribution is 6.07. The number of aromatic nitrogens is 3. The quantitative estimate of drug-likeness (QED) is 0.442. The number of anilines is 1. The van der Waals surface area contributed by atoms with Crippen LogP contribution in [-0.2, 0) is 0 Å². The molecule has 3 aromatic heterocycles. The third-order valence-electron chi connectivity index (χ3n) is 4.74. The van der Waals surface area contributed by atoms with E-state index >= 15 is 0 Å². The number of fused-ring (bicyclic) bond motifs is 1. The van der Waals surface area contributed by atoms with Crippen molar-refractivity contribution in [1.29, 1.82) is 0 Å². The van der Waals surface area contributed by atoms with Crippen molar-refractivity contribution in [2.24, 2.45) is 0 Å². The number of oxazole rings is 1. The molecule has 8 nitrogen and oxygen atoms in total. The summed E-state index contributed by atoms with van der Waals surface area (Å²) in [6.07, 6.45) is 4.74. The number of carbonyl (C=O) groups excluding carboxylic acids is 1. The number of rotatable bonds is 5. The third kappa shape index (κ3) is 3.62. The van der Waals surface area contributed by atoms with Crippen LogP contribution in [0.2, 0.25) is 0 Å². The monoisotopic (exact) mass is 412 g/mol. The van der Waals surface area contributed by atoms with E-state index in [1.165, 1.54) is 6.26 Å². The molecule has 31 heavy (non-hydrogen) atoms. The summed E-state index contributed by atoms with van der Waals surface area (Å²) in [6, 6.07) is 16.0. The molecule has 0 bridgehead atoms. The Hall–Kier alpha value is -4.46. The molecule has 8 heteroatoms. The number of hydrogen-bond donors (Lipinski definition) is 1. The lowest BCUT2D eigenvalue weighted by Crippen LogP contribution is -2.11. The predicted molar refractivity (Wildman–Crippen MR) is 114 cm³/mol. The van der Waals surface area contributed by atoms with Crippen LogP contribution < -0.4 is 10.1 Å². The van der Waals surface area contributed by atoms with Crippen molar-refractivity contribution >= 4 is 22.6 Å².